The van der Waals surface area contributed by atoms with Crippen LogP contribution in [-0.2, 0) is 0 Å². The summed E-state index contributed by atoms with van der Waals surface area (Å²) in [6.45, 7) is 4.01. The molecule has 1 saturated heterocycles. The Bertz CT molecular complexity index is 381. The second kappa shape index (κ2) is 5.01. The number of rotatable bonds is 2. The van der Waals surface area contributed by atoms with E-state index in [4.69, 9.17) is 0 Å². The van der Waals surface area contributed by atoms with Crippen molar-refractivity contribution >= 4 is 5.71 Å². The van der Waals surface area contributed by atoms with Gasteiger partial charge in [0.05, 0.1) is 5.71 Å². The average molecular weight is 218 g/mol. The molecule has 1 aliphatic rings. The largest absolute Gasteiger partial charge is 0.507 e. The van der Waals surface area contributed by atoms with Gasteiger partial charge in [0.25, 0.3) is 0 Å². The lowest BCUT2D eigenvalue weighted by atomic mass is 10.1. The maximum absolute atomic E-state index is 9.71. The molecule has 3 heteroatoms. The Labute approximate surface area is 96.4 Å². The Balaban J connectivity index is 2.14. The standard InChI is InChI=1S/C13H18N2O/c1-11(12-7-3-4-8-13(12)16)14-15-9-5-2-6-10-15/h3-4,7-8,16H,2,5-6,9-10H2,1H3/b14-11+. The normalized spacial score (nSPS) is 17.6. The summed E-state index contributed by atoms with van der Waals surface area (Å²) in [6.07, 6.45) is 3.75. The number of hydrazone groups is 1. The predicted octanol–water partition coefficient (Wildman–Crippen LogP) is 2.60. The van der Waals surface area contributed by atoms with Gasteiger partial charge in [0.2, 0.25) is 0 Å². The van der Waals surface area contributed by atoms with Crippen LogP contribution < -0.4 is 0 Å². The number of hydrogen-bond acceptors (Lipinski definition) is 3. The van der Waals surface area contributed by atoms with Crippen LogP contribution in [-0.4, -0.2) is 28.9 Å². The van der Waals surface area contributed by atoms with E-state index in [-0.39, 0.29) is 0 Å². The third kappa shape index (κ3) is 2.54. The summed E-state index contributed by atoms with van der Waals surface area (Å²) in [5.74, 6) is 0.306. The number of aromatic hydroxyl groups is 1. The van der Waals surface area contributed by atoms with E-state index in [0.29, 0.717) is 5.75 Å². The van der Waals surface area contributed by atoms with Crippen molar-refractivity contribution in [2.75, 3.05) is 13.1 Å². The van der Waals surface area contributed by atoms with Crippen molar-refractivity contribution in [3.8, 4) is 5.75 Å². The number of nitrogens with zero attached hydrogens (tertiary/aromatic N) is 2. The van der Waals surface area contributed by atoms with Gasteiger partial charge in [-0.05, 0) is 38.3 Å². The zero-order chi connectivity index (χ0) is 11.4. The van der Waals surface area contributed by atoms with Crippen LogP contribution >= 0.6 is 0 Å². The minimum Gasteiger partial charge on any atom is -0.507 e. The molecule has 0 bridgehead atoms. The SMILES string of the molecule is C/C(=N\N1CCCCC1)c1ccccc1O. The van der Waals surface area contributed by atoms with Crippen LogP contribution in [0.25, 0.3) is 0 Å². The first-order valence-electron chi connectivity index (χ1n) is 5.86. The van der Waals surface area contributed by atoms with E-state index in [1.807, 2.05) is 25.1 Å². The fourth-order valence-corrected chi connectivity index (χ4v) is 2.02. The van der Waals surface area contributed by atoms with Gasteiger partial charge in [-0.2, -0.15) is 5.10 Å². The summed E-state index contributed by atoms with van der Waals surface area (Å²) >= 11 is 0. The van der Waals surface area contributed by atoms with Gasteiger partial charge in [0.1, 0.15) is 5.75 Å². The smallest absolute Gasteiger partial charge is 0.124 e. The number of phenolic OH excluding ortho intramolecular Hbond substituents is 1. The lowest BCUT2D eigenvalue weighted by Gasteiger charge is -2.24. The zero-order valence-electron chi connectivity index (χ0n) is 9.69. The molecule has 1 heterocycles. The summed E-state index contributed by atoms with van der Waals surface area (Å²) in [4.78, 5) is 0. The lowest BCUT2D eigenvalue weighted by molar-refractivity contribution is 0.239. The molecule has 16 heavy (non-hydrogen) atoms. The molecule has 2 rings (SSSR count). The fraction of sp³-hybridized carbons (Fsp3) is 0.462. The third-order valence-corrected chi connectivity index (χ3v) is 2.92. The van der Waals surface area contributed by atoms with Crippen molar-refractivity contribution in [2.24, 2.45) is 5.10 Å². The molecule has 1 N–H and O–H groups in total. The van der Waals surface area contributed by atoms with Crippen LogP contribution in [0.2, 0.25) is 0 Å². The van der Waals surface area contributed by atoms with Gasteiger partial charge in [-0.3, -0.25) is 5.01 Å². The molecule has 0 spiro atoms. The topological polar surface area (TPSA) is 35.8 Å². The van der Waals surface area contributed by atoms with E-state index in [1.54, 1.807) is 6.07 Å². The molecule has 1 aliphatic heterocycles. The molecular formula is C13H18N2O. The predicted molar refractivity (Wildman–Crippen MR) is 65.7 cm³/mol. The van der Waals surface area contributed by atoms with E-state index in [9.17, 15) is 5.11 Å². The van der Waals surface area contributed by atoms with Crippen LogP contribution in [0.5, 0.6) is 5.75 Å². The second-order valence-electron chi connectivity index (χ2n) is 4.22. The highest BCUT2D eigenvalue weighted by Gasteiger charge is 2.09. The highest BCUT2D eigenvalue weighted by Crippen LogP contribution is 2.17. The summed E-state index contributed by atoms with van der Waals surface area (Å²) in [7, 11) is 0. The molecule has 0 saturated carbocycles. The lowest BCUT2D eigenvalue weighted by Crippen LogP contribution is -2.25. The van der Waals surface area contributed by atoms with Gasteiger partial charge in [0, 0.05) is 18.7 Å². The number of para-hydroxylation sites is 1. The first kappa shape index (κ1) is 11.0. The Morgan fingerprint density at radius 3 is 2.56 bits per heavy atom. The monoisotopic (exact) mass is 218 g/mol. The van der Waals surface area contributed by atoms with Crippen molar-refractivity contribution in [3.63, 3.8) is 0 Å². The van der Waals surface area contributed by atoms with Gasteiger partial charge >= 0.3 is 0 Å². The number of phenols is 1. The molecule has 0 atom stereocenters. The van der Waals surface area contributed by atoms with Crippen molar-refractivity contribution in [3.05, 3.63) is 29.8 Å². The molecule has 1 fully saturated rings. The highest BCUT2D eigenvalue weighted by molar-refractivity contribution is 6.00. The summed E-state index contributed by atoms with van der Waals surface area (Å²) in [5.41, 5.74) is 1.72. The van der Waals surface area contributed by atoms with E-state index in [0.717, 1.165) is 24.4 Å². The van der Waals surface area contributed by atoms with Crippen molar-refractivity contribution in [1.29, 1.82) is 0 Å². The van der Waals surface area contributed by atoms with Crippen LogP contribution in [0.15, 0.2) is 29.4 Å². The van der Waals surface area contributed by atoms with Crippen molar-refractivity contribution < 1.29 is 5.11 Å². The van der Waals surface area contributed by atoms with Crippen LogP contribution in [0.1, 0.15) is 31.7 Å². The average Bonchev–Trinajstić information content (AvgIpc) is 2.31. The van der Waals surface area contributed by atoms with E-state index < -0.39 is 0 Å². The number of benzene rings is 1. The minimum absolute atomic E-state index is 0.306. The maximum Gasteiger partial charge on any atom is 0.124 e. The Kier molecular flexibility index (Phi) is 3.44. The third-order valence-electron chi connectivity index (χ3n) is 2.92. The van der Waals surface area contributed by atoms with Gasteiger partial charge in [0.15, 0.2) is 0 Å². The number of hydrogen-bond donors (Lipinski definition) is 1. The van der Waals surface area contributed by atoms with Gasteiger partial charge in [-0.15, -0.1) is 0 Å². The molecule has 1 aromatic carbocycles. The summed E-state index contributed by atoms with van der Waals surface area (Å²) < 4.78 is 0. The van der Waals surface area contributed by atoms with Crippen LogP contribution in [0.4, 0.5) is 0 Å². The second-order valence-corrected chi connectivity index (χ2v) is 4.22. The van der Waals surface area contributed by atoms with E-state index >= 15 is 0 Å². The van der Waals surface area contributed by atoms with E-state index in [1.165, 1.54) is 19.3 Å². The molecule has 1 aromatic rings. The molecule has 86 valence electrons. The first-order valence-corrected chi connectivity index (χ1v) is 5.86. The zero-order valence-corrected chi connectivity index (χ0v) is 9.69. The van der Waals surface area contributed by atoms with Gasteiger partial charge in [-0.25, -0.2) is 0 Å². The Morgan fingerprint density at radius 1 is 1.19 bits per heavy atom. The molecular weight excluding hydrogens is 200 g/mol. The quantitative estimate of drug-likeness (QED) is 0.774. The molecule has 0 aromatic heterocycles. The highest BCUT2D eigenvalue weighted by atomic mass is 16.3. The molecule has 0 unspecified atom stereocenters. The molecule has 0 aliphatic carbocycles. The summed E-state index contributed by atoms with van der Waals surface area (Å²) in [5, 5.41) is 16.4. The first-order chi connectivity index (χ1) is 7.77. The van der Waals surface area contributed by atoms with Crippen molar-refractivity contribution in [1.82, 2.24) is 5.01 Å². The Hall–Kier alpha value is -1.51. The Morgan fingerprint density at radius 2 is 1.88 bits per heavy atom. The van der Waals surface area contributed by atoms with Crippen molar-refractivity contribution in [2.45, 2.75) is 26.2 Å². The minimum atomic E-state index is 0.306. The fourth-order valence-electron chi connectivity index (χ4n) is 2.02. The van der Waals surface area contributed by atoms with Crippen LogP contribution in [0, 0.1) is 0 Å². The maximum atomic E-state index is 9.71. The molecule has 0 amide bonds. The van der Waals surface area contributed by atoms with Gasteiger partial charge in [-0.1, -0.05) is 12.1 Å². The van der Waals surface area contributed by atoms with Crippen LogP contribution in [0.3, 0.4) is 0 Å². The van der Waals surface area contributed by atoms with Gasteiger partial charge < -0.3 is 5.11 Å². The molecule has 0 radical (unpaired) electrons. The molecule has 3 nitrogen and oxygen atoms in total. The number of piperidine rings is 1. The summed E-state index contributed by atoms with van der Waals surface area (Å²) in [6, 6.07) is 7.35. The van der Waals surface area contributed by atoms with E-state index in [2.05, 4.69) is 10.1 Å².